The number of rotatable bonds is 10. The molecule has 0 bridgehead atoms. The fraction of sp³-hybridized carbons (Fsp3) is 0.708. The number of likely N-dealkylation sites (tertiary alicyclic amines) is 1. The van der Waals surface area contributed by atoms with E-state index in [1.54, 1.807) is 20.8 Å². The number of nitrogens with two attached hydrogens (primary N) is 1. The summed E-state index contributed by atoms with van der Waals surface area (Å²) in [4.78, 5) is 64.8. The summed E-state index contributed by atoms with van der Waals surface area (Å²) in [7, 11) is 0. The Hall–Kier alpha value is -3.05. The Balaban J connectivity index is 2.37. The van der Waals surface area contributed by atoms with Crippen LogP contribution in [0.1, 0.15) is 47.0 Å². The summed E-state index contributed by atoms with van der Waals surface area (Å²) in [6.07, 6.45) is -1.10. The highest BCUT2D eigenvalue weighted by Gasteiger charge is 2.54. The molecule has 2 rings (SSSR count). The number of ketones is 1. The molecule has 2 aliphatic rings. The second kappa shape index (κ2) is 11.8. The number of carbonyl (C=O) groups is 5. The van der Waals surface area contributed by atoms with Crippen molar-refractivity contribution in [3.05, 3.63) is 12.7 Å². The molecule has 1 aliphatic heterocycles. The highest BCUT2D eigenvalue weighted by molar-refractivity contribution is 6.38. The zero-order valence-corrected chi connectivity index (χ0v) is 21.2. The van der Waals surface area contributed by atoms with E-state index >= 15 is 0 Å². The molecule has 1 saturated heterocycles. The Labute approximate surface area is 209 Å². The molecule has 1 saturated carbocycles. The fourth-order valence-electron chi connectivity index (χ4n) is 5.26. The number of amides is 5. The van der Waals surface area contributed by atoms with Crippen LogP contribution >= 0.6 is 0 Å². The molecule has 0 aromatic heterocycles. The first kappa shape index (κ1) is 29.2. The fourth-order valence-corrected chi connectivity index (χ4v) is 5.26. The van der Waals surface area contributed by atoms with Crippen LogP contribution in [-0.4, -0.2) is 72.1 Å². The molecule has 10 nitrogen and oxygen atoms in total. The first-order valence-electron chi connectivity index (χ1n) is 12.1. The molecule has 0 aromatic carbocycles. The van der Waals surface area contributed by atoms with Gasteiger partial charge in [0.25, 0.3) is 5.91 Å². The zero-order chi connectivity index (χ0) is 27.4. The SMILES string of the molecule is C=CCNC(=O)C(=O)[C@H](CC(F)F)NC(=O)[C@@H]1[C@@H]2[C@@H](CC[C@@H]2C)CN1C(=O)[C@@H](NC(N)=O)C(C)(C)C. The molecular weight excluding hydrogens is 476 g/mol. The summed E-state index contributed by atoms with van der Waals surface area (Å²) < 4.78 is 26.5. The van der Waals surface area contributed by atoms with Gasteiger partial charge in [0.1, 0.15) is 18.1 Å². The normalized spacial score (nSPS) is 25.0. The van der Waals surface area contributed by atoms with Crippen molar-refractivity contribution in [1.82, 2.24) is 20.9 Å². The van der Waals surface area contributed by atoms with Crippen LogP contribution in [0, 0.1) is 23.2 Å². The van der Waals surface area contributed by atoms with Gasteiger partial charge in [0, 0.05) is 19.5 Å². The van der Waals surface area contributed by atoms with E-state index in [9.17, 15) is 32.8 Å². The largest absolute Gasteiger partial charge is 0.352 e. The quantitative estimate of drug-likeness (QED) is 0.253. The van der Waals surface area contributed by atoms with E-state index in [4.69, 9.17) is 5.73 Å². The third-order valence-electron chi connectivity index (χ3n) is 6.95. The van der Waals surface area contributed by atoms with Crippen molar-refractivity contribution >= 4 is 29.5 Å². The van der Waals surface area contributed by atoms with E-state index < -0.39 is 65.9 Å². The van der Waals surface area contributed by atoms with Crippen LogP contribution in [0.15, 0.2) is 12.7 Å². The van der Waals surface area contributed by atoms with E-state index in [-0.39, 0.29) is 30.8 Å². The lowest BCUT2D eigenvalue weighted by molar-refractivity contribution is -0.145. The standard InChI is InChI=1S/C24H37F2N5O5/c1-6-9-28-21(34)18(32)14(10-15(25)26)29-20(33)17-16-12(2)7-8-13(16)11-31(17)22(35)19(24(3,4)5)30-23(27)36/h6,12-17,19H,1,7-11H2,2-5H3,(H,28,34)(H,29,33)(H3,27,30,36)/t12-,13-,14-,16-,17-,19+/m0/s1. The van der Waals surface area contributed by atoms with Crippen LogP contribution in [0.25, 0.3) is 0 Å². The molecule has 2 fully saturated rings. The molecule has 202 valence electrons. The lowest BCUT2D eigenvalue weighted by atomic mass is 9.84. The maximum Gasteiger partial charge on any atom is 0.312 e. The van der Waals surface area contributed by atoms with Gasteiger partial charge < -0.3 is 26.6 Å². The van der Waals surface area contributed by atoms with Crippen LogP contribution < -0.4 is 21.7 Å². The summed E-state index contributed by atoms with van der Waals surface area (Å²) in [5.74, 6) is -3.85. The number of nitrogens with one attached hydrogen (secondary N) is 3. The zero-order valence-electron chi connectivity index (χ0n) is 21.2. The highest BCUT2D eigenvalue weighted by Crippen LogP contribution is 2.46. The molecule has 0 spiro atoms. The van der Waals surface area contributed by atoms with E-state index in [0.717, 1.165) is 12.8 Å². The van der Waals surface area contributed by atoms with Gasteiger partial charge >= 0.3 is 6.03 Å². The van der Waals surface area contributed by atoms with Gasteiger partial charge in [0.15, 0.2) is 0 Å². The predicted octanol–water partition coefficient (Wildman–Crippen LogP) is 0.954. The number of hydrogen-bond donors (Lipinski definition) is 4. The number of nitrogens with zero attached hydrogens (tertiary/aromatic N) is 1. The molecule has 6 atom stereocenters. The number of hydrogen-bond acceptors (Lipinski definition) is 5. The van der Waals surface area contributed by atoms with E-state index in [1.165, 1.54) is 11.0 Å². The second-order valence-electron chi connectivity index (χ2n) is 10.7. The molecule has 0 aromatic rings. The first-order chi connectivity index (χ1) is 16.7. The maximum atomic E-state index is 13.6. The van der Waals surface area contributed by atoms with Crippen molar-refractivity contribution in [1.29, 1.82) is 0 Å². The molecule has 12 heteroatoms. The summed E-state index contributed by atoms with van der Waals surface area (Å²) in [5.41, 5.74) is 4.55. The third kappa shape index (κ3) is 6.79. The third-order valence-corrected chi connectivity index (χ3v) is 6.95. The Kier molecular flexibility index (Phi) is 9.56. The predicted molar refractivity (Wildman–Crippen MR) is 128 cm³/mol. The van der Waals surface area contributed by atoms with Gasteiger partial charge in [-0.15, -0.1) is 6.58 Å². The van der Waals surface area contributed by atoms with Gasteiger partial charge in [-0.2, -0.15) is 0 Å². The molecule has 5 amide bonds. The average molecular weight is 514 g/mol. The van der Waals surface area contributed by atoms with Gasteiger partial charge in [-0.3, -0.25) is 19.2 Å². The molecule has 0 radical (unpaired) electrons. The Bertz CT molecular complexity index is 891. The van der Waals surface area contributed by atoms with Crippen molar-refractivity contribution in [2.24, 2.45) is 28.9 Å². The maximum absolute atomic E-state index is 13.6. The molecule has 36 heavy (non-hydrogen) atoms. The lowest BCUT2D eigenvalue weighted by Gasteiger charge is -2.36. The Morgan fingerprint density at radius 1 is 1.14 bits per heavy atom. The van der Waals surface area contributed by atoms with Crippen LogP contribution in [-0.2, 0) is 19.2 Å². The van der Waals surface area contributed by atoms with Gasteiger partial charge in [0.05, 0.1) is 0 Å². The van der Waals surface area contributed by atoms with Crippen molar-refractivity contribution in [2.75, 3.05) is 13.1 Å². The van der Waals surface area contributed by atoms with Crippen molar-refractivity contribution in [2.45, 2.75) is 71.5 Å². The van der Waals surface area contributed by atoms with Crippen molar-refractivity contribution < 1.29 is 32.8 Å². The monoisotopic (exact) mass is 513 g/mol. The first-order valence-corrected chi connectivity index (χ1v) is 12.1. The number of Topliss-reactive ketones (excluding diaryl/α,β-unsaturated/α-hetero) is 1. The molecule has 1 heterocycles. The minimum absolute atomic E-state index is 0.00552. The second-order valence-corrected chi connectivity index (χ2v) is 10.7. The van der Waals surface area contributed by atoms with E-state index in [2.05, 4.69) is 22.5 Å². The van der Waals surface area contributed by atoms with Crippen molar-refractivity contribution in [3.63, 3.8) is 0 Å². The smallest absolute Gasteiger partial charge is 0.312 e. The number of fused-ring (bicyclic) bond motifs is 1. The number of halogens is 2. The Morgan fingerprint density at radius 2 is 1.78 bits per heavy atom. The van der Waals surface area contributed by atoms with Gasteiger partial charge in [-0.1, -0.05) is 40.2 Å². The minimum atomic E-state index is -2.96. The van der Waals surface area contributed by atoms with Crippen LogP contribution in [0.5, 0.6) is 0 Å². The number of carbonyl (C=O) groups excluding carboxylic acids is 5. The molecular formula is C24H37F2N5O5. The number of primary amides is 1. The van der Waals surface area contributed by atoms with Crippen LogP contribution in [0.3, 0.4) is 0 Å². The summed E-state index contributed by atoms with van der Waals surface area (Å²) >= 11 is 0. The summed E-state index contributed by atoms with van der Waals surface area (Å²) in [6.45, 7) is 10.8. The molecule has 1 aliphatic carbocycles. The summed E-state index contributed by atoms with van der Waals surface area (Å²) in [5, 5.41) is 7.01. The molecule has 5 N–H and O–H groups in total. The minimum Gasteiger partial charge on any atom is -0.352 e. The van der Waals surface area contributed by atoms with Gasteiger partial charge in [-0.05, 0) is 29.6 Å². The Morgan fingerprint density at radius 3 is 2.31 bits per heavy atom. The number of urea groups is 1. The van der Waals surface area contributed by atoms with Gasteiger partial charge in [-0.25, -0.2) is 13.6 Å². The van der Waals surface area contributed by atoms with Crippen LogP contribution in [0.4, 0.5) is 13.6 Å². The molecule has 0 unspecified atom stereocenters. The van der Waals surface area contributed by atoms with Gasteiger partial charge in [0.2, 0.25) is 24.0 Å². The van der Waals surface area contributed by atoms with Crippen LogP contribution in [0.2, 0.25) is 0 Å². The average Bonchev–Trinajstić information content (AvgIpc) is 3.32. The highest BCUT2D eigenvalue weighted by atomic mass is 19.3. The summed E-state index contributed by atoms with van der Waals surface area (Å²) in [6, 6.07) is -4.76. The lowest BCUT2D eigenvalue weighted by Crippen LogP contribution is -2.60. The van der Waals surface area contributed by atoms with Crippen molar-refractivity contribution in [3.8, 4) is 0 Å². The topological polar surface area (TPSA) is 151 Å². The number of alkyl halides is 2. The van der Waals surface area contributed by atoms with E-state index in [1.807, 2.05) is 6.92 Å². The van der Waals surface area contributed by atoms with E-state index in [0.29, 0.717) is 0 Å².